The molecule has 3 aromatic rings. The van der Waals surface area contributed by atoms with Gasteiger partial charge in [-0.05, 0) is 61.4 Å². The molecule has 0 N–H and O–H groups in total. The summed E-state index contributed by atoms with van der Waals surface area (Å²) in [5.74, 6) is 1.57. The maximum atomic E-state index is 13.2. The first-order valence-corrected chi connectivity index (χ1v) is 12.4. The molecule has 0 bridgehead atoms. The Morgan fingerprint density at radius 3 is 2.48 bits per heavy atom. The lowest BCUT2D eigenvalue weighted by atomic mass is 9.91. The number of imidazole rings is 1. The smallest absolute Gasteiger partial charge is 0.206 e. The topological polar surface area (TPSA) is 74.1 Å². The molecule has 0 spiro atoms. The van der Waals surface area contributed by atoms with Crippen molar-refractivity contribution in [2.24, 2.45) is 11.3 Å². The number of aryl methyl sites for hydroxylation is 1. The van der Waals surface area contributed by atoms with Crippen LogP contribution < -0.4 is 0 Å². The normalized spacial score (nSPS) is 16.1. The van der Waals surface area contributed by atoms with Gasteiger partial charge in [0, 0.05) is 38.1 Å². The Balaban J connectivity index is 1.77. The largest absolute Gasteiger partial charge is 0.381 e. The van der Waals surface area contributed by atoms with Crippen LogP contribution >= 0.6 is 0 Å². The maximum absolute atomic E-state index is 13.2. The summed E-state index contributed by atoms with van der Waals surface area (Å²) < 4.78 is 34.2. The SMILES string of the molecule is Cc1cc(S(=O)(=O)c2ccc3c(c2)nc(CC(C)(C)C)n3CC2CCOCC2)ccn1. The molecule has 1 aliphatic heterocycles. The highest BCUT2D eigenvalue weighted by molar-refractivity contribution is 7.91. The molecule has 1 aromatic carbocycles. The molecule has 0 atom stereocenters. The Morgan fingerprint density at radius 2 is 1.81 bits per heavy atom. The van der Waals surface area contributed by atoms with Crippen LogP contribution in [0.15, 0.2) is 46.3 Å². The molecule has 0 saturated carbocycles. The van der Waals surface area contributed by atoms with Gasteiger partial charge in [0.2, 0.25) is 9.84 Å². The molecule has 0 amide bonds. The summed E-state index contributed by atoms with van der Waals surface area (Å²) in [6, 6.07) is 8.48. The van der Waals surface area contributed by atoms with Crippen LogP contribution in [0.25, 0.3) is 11.0 Å². The van der Waals surface area contributed by atoms with Crippen molar-refractivity contribution in [1.29, 1.82) is 0 Å². The first-order valence-electron chi connectivity index (χ1n) is 10.9. The Kier molecular flexibility index (Phi) is 5.92. The summed E-state index contributed by atoms with van der Waals surface area (Å²) in [5.41, 5.74) is 2.49. The minimum atomic E-state index is -3.62. The van der Waals surface area contributed by atoms with Gasteiger partial charge in [-0.15, -0.1) is 0 Å². The van der Waals surface area contributed by atoms with E-state index in [2.05, 4.69) is 30.3 Å². The van der Waals surface area contributed by atoms with E-state index in [0.717, 1.165) is 55.9 Å². The number of benzene rings is 1. The number of hydrogen-bond acceptors (Lipinski definition) is 5. The third-order valence-electron chi connectivity index (χ3n) is 5.76. The zero-order valence-corrected chi connectivity index (χ0v) is 19.6. The summed E-state index contributed by atoms with van der Waals surface area (Å²) in [6.07, 6.45) is 4.45. The van der Waals surface area contributed by atoms with Crippen molar-refractivity contribution in [3.8, 4) is 0 Å². The van der Waals surface area contributed by atoms with Crippen LogP contribution in [0.5, 0.6) is 0 Å². The van der Waals surface area contributed by atoms with Crippen LogP contribution in [0.2, 0.25) is 0 Å². The van der Waals surface area contributed by atoms with Crippen LogP contribution in [0, 0.1) is 18.3 Å². The molecular weight excluding hydrogens is 410 g/mol. The standard InChI is InChI=1S/C24H31N3O3S/c1-17-13-20(7-10-25-17)31(28,29)19-5-6-22-21(14-19)26-23(15-24(2,3)4)27(22)16-18-8-11-30-12-9-18/h5-7,10,13-14,18H,8-9,11-12,15-16H2,1-4H3. The van der Waals surface area contributed by atoms with Crippen molar-refractivity contribution in [2.75, 3.05) is 13.2 Å². The minimum absolute atomic E-state index is 0.0816. The van der Waals surface area contributed by atoms with E-state index in [1.807, 2.05) is 6.07 Å². The van der Waals surface area contributed by atoms with Crippen LogP contribution in [-0.2, 0) is 27.5 Å². The Hall–Kier alpha value is -2.25. The highest BCUT2D eigenvalue weighted by Crippen LogP contribution is 2.30. The molecule has 2 aromatic heterocycles. The van der Waals surface area contributed by atoms with Crippen molar-refractivity contribution in [3.05, 3.63) is 48.0 Å². The number of pyridine rings is 1. The molecule has 7 heteroatoms. The molecule has 0 unspecified atom stereocenters. The van der Waals surface area contributed by atoms with Crippen molar-refractivity contribution in [3.63, 3.8) is 0 Å². The number of fused-ring (bicyclic) bond motifs is 1. The van der Waals surface area contributed by atoms with Gasteiger partial charge in [-0.1, -0.05) is 20.8 Å². The predicted octanol–water partition coefficient (Wildman–Crippen LogP) is 4.59. The number of aromatic nitrogens is 3. The molecule has 0 aliphatic carbocycles. The van der Waals surface area contributed by atoms with Crippen LogP contribution in [-0.4, -0.2) is 36.2 Å². The zero-order valence-electron chi connectivity index (χ0n) is 18.8. The highest BCUT2D eigenvalue weighted by atomic mass is 32.2. The van der Waals surface area contributed by atoms with Gasteiger partial charge in [0.05, 0.1) is 20.8 Å². The van der Waals surface area contributed by atoms with Crippen molar-refractivity contribution in [2.45, 2.75) is 63.3 Å². The summed E-state index contributed by atoms with van der Waals surface area (Å²) in [7, 11) is -3.62. The van der Waals surface area contributed by atoms with E-state index in [9.17, 15) is 8.42 Å². The quantitative estimate of drug-likeness (QED) is 0.579. The average Bonchev–Trinajstić information content (AvgIpc) is 3.03. The van der Waals surface area contributed by atoms with Crippen LogP contribution in [0.1, 0.15) is 45.1 Å². The molecule has 3 heterocycles. The third-order valence-corrected chi connectivity index (χ3v) is 7.51. The van der Waals surface area contributed by atoms with Gasteiger partial charge in [0.25, 0.3) is 0 Å². The molecule has 1 fully saturated rings. The summed E-state index contributed by atoms with van der Waals surface area (Å²) in [5, 5.41) is 0. The number of nitrogens with zero attached hydrogens (tertiary/aromatic N) is 3. The minimum Gasteiger partial charge on any atom is -0.381 e. The fraction of sp³-hybridized carbons (Fsp3) is 0.500. The Morgan fingerprint density at radius 1 is 1.10 bits per heavy atom. The maximum Gasteiger partial charge on any atom is 0.206 e. The molecule has 166 valence electrons. The Bertz CT molecular complexity index is 1190. The monoisotopic (exact) mass is 441 g/mol. The van der Waals surface area contributed by atoms with Gasteiger partial charge in [0.1, 0.15) is 5.82 Å². The van der Waals surface area contributed by atoms with E-state index < -0.39 is 9.84 Å². The molecule has 1 saturated heterocycles. The lowest BCUT2D eigenvalue weighted by molar-refractivity contribution is 0.0612. The van der Waals surface area contributed by atoms with E-state index in [0.29, 0.717) is 11.6 Å². The average molecular weight is 442 g/mol. The second kappa shape index (κ2) is 8.36. The predicted molar refractivity (Wildman–Crippen MR) is 121 cm³/mol. The van der Waals surface area contributed by atoms with E-state index >= 15 is 0 Å². The van der Waals surface area contributed by atoms with Gasteiger partial charge in [-0.3, -0.25) is 4.98 Å². The van der Waals surface area contributed by atoms with Gasteiger partial charge in [0.15, 0.2) is 0 Å². The second-order valence-electron chi connectivity index (χ2n) is 9.72. The van der Waals surface area contributed by atoms with E-state index in [4.69, 9.17) is 9.72 Å². The number of rotatable bonds is 5. The highest BCUT2D eigenvalue weighted by Gasteiger charge is 2.24. The van der Waals surface area contributed by atoms with Crippen molar-refractivity contribution in [1.82, 2.24) is 14.5 Å². The summed E-state index contributed by atoms with van der Waals surface area (Å²) in [4.78, 5) is 9.54. The number of ether oxygens (including phenoxy) is 1. The lowest BCUT2D eigenvalue weighted by Crippen LogP contribution is -2.22. The van der Waals surface area contributed by atoms with Gasteiger partial charge >= 0.3 is 0 Å². The van der Waals surface area contributed by atoms with E-state index in [-0.39, 0.29) is 15.2 Å². The Labute approximate surface area is 184 Å². The van der Waals surface area contributed by atoms with Gasteiger partial charge in [-0.25, -0.2) is 13.4 Å². The zero-order chi connectivity index (χ0) is 22.2. The molecule has 6 nitrogen and oxygen atoms in total. The van der Waals surface area contributed by atoms with E-state index in [1.54, 1.807) is 31.2 Å². The number of sulfone groups is 1. The fourth-order valence-electron chi connectivity index (χ4n) is 4.15. The van der Waals surface area contributed by atoms with Crippen LogP contribution in [0.3, 0.4) is 0 Å². The van der Waals surface area contributed by atoms with Crippen molar-refractivity contribution >= 4 is 20.9 Å². The molecule has 31 heavy (non-hydrogen) atoms. The van der Waals surface area contributed by atoms with Crippen LogP contribution in [0.4, 0.5) is 0 Å². The first kappa shape index (κ1) is 22.0. The van der Waals surface area contributed by atoms with E-state index in [1.165, 1.54) is 6.20 Å². The van der Waals surface area contributed by atoms with Gasteiger partial charge in [-0.2, -0.15) is 0 Å². The first-order chi connectivity index (χ1) is 14.6. The third kappa shape index (κ3) is 4.83. The molecule has 4 rings (SSSR count). The van der Waals surface area contributed by atoms with Gasteiger partial charge < -0.3 is 9.30 Å². The molecular formula is C24H31N3O3S. The lowest BCUT2D eigenvalue weighted by Gasteiger charge is -2.25. The second-order valence-corrected chi connectivity index (χ2v) is 11.7. The van der Waals surface area contributed by atoms with Crippen molar-refractivity contribution < 1.29 is 13.2 Å². The molecule has 0 radical (unpaired) electrons. The summed E-state index contributed by atoms with van der Waals surface area (Å²) >= 11 is 0. The fourth-order valence-corrected chi connectivity index (χ4v) is 5.50. The number of hydrogen-bond donors (Lipinski definition) is 0. The summed E-state index contributed by atoms with van der Waals surface area (Å²) in [6.45, 7) is 10.9. The molecule has 1 aliphatic rings.